The third kappa shape index (κ3) is 5.07. The highest BCUT2D eigenvalue weighted by Gasteiger charge is 2.47. The van der Waals surface area contributed by atoms with Crippen LogP contribution in [-0.2, 0) is 27.7 Å². The number of nitrogens with two attached hydrogens (primary N) is 1. The van der Waals surface area contributed by atoms with E-state index in [1.54, 1.807) is 6.07 Å². The molecule has 0 aliphatic carbocycles. The van der Waals surface area contributed by atoms with Crippen molar-refractivity contribution >= 4 is 17.7 Å². The van der Waals surface area contributed by atoms with Crippen molar-refractivity contribution in [3.8, 4) is 11.3 Å². The maximum absolute atomic E-state index is 13.8. The Kier molecular flexibility index (Phi) is 6.90. The molecule has 1 atom stereocenters. The summed E-state index contributed by atoms with van der Waals surface area (Å²) in [4.78, 5) is 25.3. The van der Waals surface area contributed by atoms with Gasteiger partial charge in [0.25, 0.3) is 0 Å². The number of nitrogens with one attached hydrogen (secondary N) is 1. The van der Waals surface area contributed by atoms with Crippen molar-refractivity contribution in [2.24, 2.45) is 4.99 Å². The molecule has 222 valence electrons. The number of rotatable bonds is 4. The molecule has 1 spiro atoms. The van der Waals surface area contributed by atoms with Crippen molar-refractivity contribution in [2.45, 2.75) is 42.8 Å². The normalized spacial score (nSPS) is 22.2. The number of alkyl halides is 6. The maximum atomic E-state index is 13.8. The molecule has 1 unspecified atom stereocenters. The van der Waals surface area contributed by atoms with Gasteiger partial charge in [-0.3, -0.25) is 14.9 Å². The number of piperidine rings is 1. The lowest BCUT2D eigenvalue weighted by molar-refractivity contribution is -0.316. The Balaban J connectivity index is 1.46. The molecular weight excluding hydrogens is 566 g/mol. The minimum absolute atomic E-state index is 0.00201. The van der Waals surface area contributed by atoms with Gasteiger partial charge in [0, 0.05) is 49.1 Å². The molecule has 3 aliphatic heterocycles. The number of aromatic nitrogens is 2. The summed E-state index contributed by atoms with van der Waals surface area (Å²) in [6.07, 6.45) is -4.78. The molecule has 6 rings (SSSR count). The monoisotopic (exact) mass is 592 g/mol. The number of hydrogen-bond donors (Lipinski definition) is 2. The number of likely N-dealkylation sites (tertiary alicyclic amines) is 1. The third-order valence-electron chi connectivity index (χ3n) is 8.06. The minimum atomic E-state index is -4.74. The summed E-state index contributed by atoms with van der Waals surface area (Å²) >= 11 is 0. The van der Waals surface area contributed by atoms with Gasteiger partial charge in [0.05, 0.1) is 35.6 Å². The van der Waals surface area contributed by atoms with E-state index in [9.17, 15) is 26.3 Å². The predicted octanol–water partition coefficient (Wildman–Crippen LogP) is 5.65. The molecule has 3 aromatic rings. The highest BCUT2D eigenvalue weighted by molar-refractivity contribution is 5.85. The largest absolute Gasteiger partial charge is 0.433 e. The maximum Gasteiger partial charge on any atom is 0.433 e. The molecule has 3 aliphatic rings. The van der Waals surface area contributed by atoms with Crippen LogP contribution in [0.1, 0.15) is 41.8 Å². The highest BCUT2D eigenvalue weighted by Crippen LogP contribution is 2.46. The summed E-state index contributed by atoms with van der Waals surface area (Å²) in [5.74, 6) is 0. The van der Waals surface area contributed by atoms with Crippen LogP contribution in [0.5, 0.6) is 0 Å². The zero-order valence-corrected chi connectivity index (χ0v) is 22.1. The predicted molar refractivity (Wildman–Crippen MR) is 141 cm³/mol. The van der Waals surface area contributed by atoms with Crippen molar-refractivity contribution < 1.29 is 36.1 Å². The second-order valence-corrected chi connectivity index (χ2v) is 10.7. The molecule has 2 aromatic heterocycles. The Hall–Kier alpha value is -3.75. The van der Waals surface area contributed by atoms with Gasteiger partial charge in [-0.2, -0.15) is 26.3 Å². The first-order chi connectivity index (χ1) is 19.9. The number of fused-ring (bicyclic) bond motifs is 1. The number of nitrogens with zero attached hydrogens (tertiary/aromatic N) is 4. The average molecular weight is 593 g/mol. The Bertz CT molecular complexity index is 1510. The zero-order chi connectivity index (χ0) is 29.8. The fourth-order valence-corrected chi connectivity index (χ4v) is 5.88. The van der Waals surface area contributed by atoms with Gasteiger partial charge in [0.15, 0.2) is 0 Å². The number of aliphatic imine (C=N–C) groups is 1. The number of halogens is 6. The molecule has 0 amide bonds. The molecular formula is C28H26F6N6O2. The van der Waals surface area contributed by atoms with Crippen molar-refractivity contribution in [3.63, 3.8) is 0 Å². The Morgan fingerprint density at radius 3 is 2.45 bits per heavy atom. The standard InChI is InChI=1S/C28H26F6N6O2/c29-27(30,31)19-2-1-10-36-23(19)17-3-4-18-21(14-17)37-16-38-26(18,24-20(35)5-6-22(39-24)28(32,33)34)15-40-11-7-25(8-12-40)9-13-41-42-25/h1-6,10,14,16H,7-9,11-13,15,35H2,(H,37,38). The minimum Gasteiger partial charge on any atom is -0.397 e. The van der Waals surface area contributed by atoms with E-state index in [0.717, 1.165) is 24.6 Å². The first-order valence-electron chi connectivity index (χ1n) is 13.2. The summed E-state index contributed by atoms with van der Waals surface area (Å²) in [5.41, 5.74) is 2.89. The van der Waals surface area contributed by atoms with Crippen LogP contribution in [0.2, 0.25) is 0 Å². The molecule has 2 fully saturated rings. The number of nitrogen functional groups attached to an aromatic ring is 1. The van der Waals surface area contributed by atoms with Crippen LogP contribution in [0.4, 0.5) is 37.7 Å². The second kappa shape index (κ2) is 10.2. The molecule has 42 heavy (non-hydrogen) atoms. The lowest BCUT2D eigenvalue weighted by Crippen LogP contribution is -2.50. The summed E-state index contributed by atoms with van der Waals surface area (Å²) in [6.45, 7) is 1.70. The Morgan fingerprint density at radius 1 is 0.976 bits per heavy atom. The topological polar surface area (TPSA) is 97.9 Å². The quantitative estimate of drug-likeness (QED) is 0.299. The zero-order valence-electron chi connectivity index (χ0n) is 22.1. The average Bonchev–Trinajstić information content (AvgIpc) is 3.41. The third-order valence-corrected chi connectivity index (χ3v) is 8.06. The SMILES string of the molecule is Nc1ccc(C(F)(F)F)nc1C1(CN2CCC3(CCOO3)CC2)N=CNc2cc(-c3ncccc3C(F)(F)F)ccc21. The van der Waals surface area contributed by atoms with E-state index in [2.05, 4.69) is 25.2 Å². The molecule has 14 heteroatoms. The fraction of sp³-hybridized carbons (Fsp3) is 0.393. The van der Waals surface area contributed by atoms with Gasteiger partial charge in [-0.1, -0.05) is 12.1 Å². The van der Waals surface area contributed by atoms with Gasteiger partial charge in [-0.05, 0) is 43.2 Å². The van der Waals surface area contributed by atoms with E-state index in [0.29, 0.717) is 43.8 Å². The molecule has 0 radical (unpaired) electrons. The first-order valence-corrected chi connectivity index (χ1v) is 13.2. The molecule has 3 N–H and O–H groups in total. The van der Waals surface area contributed by atoms with Gasteiger partial charge in [-0.15, -0.1) is 0 Å². The molecule has 1 aromatic carbocycles. The molecule has 8 nitrogen and oxygen atoms in total. The summed E-state index contributed by atoms with van der Waals surface area (Å²) in [5, 5.41) is 2.95. The van der Waals surface area contributed by atoms with Gasteiger partial charge in [0.2, 0.25) is 0 Å². The van der Waals surface area contributed by atoms with Gasteiger partial charge >= 0.3 is 12.4 Å². The van der Waals surface area contributed by atoms with E-state index in [4.69, 9.17) is 15.5 Å². The van der Waals surface area contributed by atoms with Crippen LogP contribution in [-0.4, -0.2) is 53.0 Å². The van der Waals surface area contributed by atoms with Crippen LogP contribution >= 0.6 is 0 Å². The highest BCUT2D eigenvalue weighted by atomic mass is 19.4. The van der Waals surface area contributed by atoms with E-state index in [1.807, 2.05) is 0 Å². The van der Waals surface area contributed by atoms with Crippen molar-refractivity contribution in [2.75, 3.05) is 37.3 Å². The van der Waals surface area contributed by atoms with E-state index < -0.39 is 34.7 Å². The second-order valence-electron chi connectivity index (χ2n) is 10.7. The molecule has 0 bridgehead atoms. The number of benzene rings is 1. The van der Waals surface area contributed by atoms with Crippen LogP contribution in [0, 0.1) is 0 Å². The summed E-state index contributed by atoms with van der Waals surface area (Å²) < 4.78 is 82.7. The Labute approximate surface area is 236 Å². The van der Waals surface area contributed by atoms with E-state index in [-0.39, 0.29) is 29.2 Å². The van der Waals surface area contributed by atoms with E-state index >= 15 is 0 Å². The van der Waals surface area contributed by atoms with Crippen molar-refractivity contribution in [3.05, 3.63) is 71.2 Å². The van der Waals surface area contributed by atoms with Crippen molar-refractivity contribution in [1.29, 1.82) is 0 Å². The van der Waals surface area contributed by atoms with Crippen LogP contribution in [0.15, 0.2) is 53.7 Å². The lowest BCUT2D eigenvalue weighted by atomic mass is 9.81. The number of hydrogen-bond acceptors (Lipinski definition) is 8. The van der Waals surface area contributed by atoms with E-state index in [1.165, 1.54) is 30.7 Å². The number of pyridine rings is 2. The summed E-state index contributed by atoms with van der Waals surface area (Å²) in [7, 11) is 0. The van der Waals surface area contributed by atoms with Crippen molar-refractivity contribution in [1.82, 2.24) is 14.9 Å². The lowest BCUT2D eigenvalue weighted by Gasteiger charge is -2.43. The molecule has 2 saturated heterocycles. The smallest absolute Gasteiger partial charge is 0.397 e. The van der Waals surface area contributed by atoms with Crippen LogP contribution in [0.3, 0.4) is 0 Å². The Morgan fingerprint density at radius 2 is 1.76 bits per heavy atom. The summed E-state index contributed by atoms with van der Waals surface area (Å²) in [6, 6.07) is 8.58. The van der Waals surface area contributed by atoms with Crippen LogP contribution in [0.25, 0.3) is 11.3 Å². The first kappa shape index (κ1) is 28.4. The van der Waals surface area contributed by atoms with Crippen LogP contribution < -0.4 is 11.1 Å². The van der Waals surface area contributed by atoms with Gasteiger partial charge < -0.3 is 11.1 Å². The molecule has 5 heterocycles. The number of anilines is 2. The molecule has 0 saturated carbocycles. The van der Waals surface area contributed by atoms with Gasteiger partial charge in [-0.25, -0.2) is 14.8 Å². The fourth-order valence-electron chi connectivity index (χ4n) is 5.88. The van der Waals surface area contributed by atoms with Gasteiger partial charge in [0.1, 0.15) is 16.8 Å².